The van der Waals surface area contributed by atoms with Crippen LogP contribution in [0.1, 0.15) is 18.2 Å². The molecule has 1 aromatic carbocycles. The van der Waals surface area contributed by atoms with E-state index in [9.17, 15) is 4.79 Å². The van der Waals surface area contributed by atoms with E-state index in [4.69, 9.17) is 0 Å². The molecule has 0 atom stereocenters. The van der Waals surface area contributed by atoms with Crippen LogP contribution in [0.25, 0.3) is 5.69 Å². The van der Waals surface area contributed by atoms with Crippen LogP contribution in [0.4, 0.5) is 0 Å². The molecule has 0 aliphatic carbocycles. The molecule has 0 unspecified atom stereocenters. The molecule has 1 heterocycles. The predicted octanol–water partition coefficient (Wildman–Crippen LogP) is 2.64. The van der Waals surface area contributed by atoms with E-state index in [0.29, 0.717) is 0 Å². The molecule has 84 valence electrons. The van der Waals surface area contributed by atoms with E-state index in [1.807, 2.05) is 38.1 Å². The Balaban J connectivity index is 2.57. The smallest absolute Gasteiger partial charge is 0.274 e. The highest BCUT2D eigenvalue weighted by molar-refractivity contribution is 14.1. The first kappa shape index (κ1) is 11.4. The summed E-state index contributed by atoms with van der Waals surface area (Å²) in [4.78, 5) is 12.0. The van der Waals surface area contributed by atoms with Gasteiger partial charge in [0.05, 0.1) is 5.69 Å². The molecular formula is C12H13IN2O. The Kier molecular flexibility index (Phi) is 3.18. The van der Waals surface area contributed by atoms with Gasteiger partial charge in [-0.3, -0.25) is 9.89 Å². The van der Waals surface area contributed by atoms with Crippen LogP contribution in [-0.4, -0.2) is 9.78 Å². The van der Waals surface area contributed by atoms with Gasteiger partial charge in [-0.1, -0.05) is 6.92 Å². The largest absolute Gasteiger partial charge is 0.295 e. The number of hydrogen-bond donors (Lipinski definition) is 1. The zero-order valence-electron chi connectivity index (χ0n) is 9.25. The molecular weight excluding hydrogens is 315 g/mol. The second-order valence-corrected chi connectivity index (χ2v) is 4.93. The Labute approximate surface area is 108 Å². The Bertz CT molecular complexity index is 551. The fourth-order valence-electron chi connectivity index (χ4n) is 1.77. The number of aromatic amines is 1. The number of H-pyrrole nitrogens is 1. The molecule has 0 saturated heterocycles. The van der Waals surface area contributed by atoms with Gasteiger partial charge in [-0.25, -0.2) is 4.68 Å². The number of halogens is 1. The molecule has 0 aliphatic rings. The van der Waals surface area contributed by atoms with Crippen molar-refractivity contribution in [1.29, 1.82) is 0 Å². The summed E-state index contributed by atoms with van der Waals surface area (Å²) in [6.45, 7) is 3.93. The predicted molar refractivity (Wildman–Crippen MR) is 73.2 cm³/mol. The highest BCUT2D eigenvalue weighted by atomic mass is 127. The van der Waals surface area contributed by atoms with Gasteiger partial charge < -0.3 is 0 Å². The third-order valence-electron chi connectivity index (χ3n) is 2.63. The van der Waals surface area contributed by atoms with Crippen LogP contribution in [0, 0.1) is 10.5 Å². The van der Waals surface area contributed by atoms with Crippen molar-refractivity contribution in [2.24, 2.45) is 0 Å². The van der Waals surface area contributed by atoms with Crippen molar-refractivity contribution in [3.8, 4) is 5.69 Å². The summed E-state index contributed by atoms with van der Waals surface area (Å²) in [5.41, 5.74) is 2.75. The third-order valence-corrected chi connectivity index (χ3v) is 3.35. The maximum Gasteiger partial charge on any atom is 0.274 e. The van der Waals surface area contributed by atoms with E-state index in [1.165, 1.54) is 0 Å². The van der Waals surface area contributed by atoms with Crippen LogP contribution >= 0.6 is 22.6 Å². The SMILES string of the molecule is CCc1c(C)[nH]n(-c2ccc(I)cc2)c1=O. The Hall–Kier alpha value is -1.04. The minimum Gasteiger partial charge on any atom is -0.295 e. The lowest BCUT2D eigenvalue weighted by molar-refractivity contribution is 0.834. The van der Waals surface area contributed by atoms with Gasteiger partial charge in [-0.2, -0.15) is 0 Å². The molecule has 0 saturated carbocycles. The summed E-state index contributed by atoms with van der Waals surface area (Å²) >= 11 is 2.25. The number of aryl methyl sites for hydroxylation is 1. The van der Waals surface area contributed by atoms with Crippen molar-refractivity contribution < 1.29 is 0 Å². The molecule has 0 spiro atoms. The van der Waals surface area contributed by atoms with Crippen LogP contribution in [0.3, 0.4) is 0 Å². The molecule has 2 aromatic rings. The highest BCUT2D eigenvalue weighted by Crippen LogP contribution is 2.10. The van der Waals surface area contributed by atoms with Gasteiger partial charge in [0.2, 0.25) is 0 Å². The van der Waals surface area contributed by atoms with E-state index in [-0.39, 0.29) is 5.56 Å². The molecule has 3 nitrogen and oxygen atoms in total. The number of rotatable bonds is 2. The van der Waals surface area contributed by atoms with E-state index in [0.717, 1.165) is 26.9 Å². The Morgan fingerprint density at radius 3 is 2.44 bits per heavy atom. The highest BCUT2D eigenvalue weighted by Gasteiger charge is 2.09. The van der Waals surface area contributed by atoms with Crippen molar-refractivity contribution in [2.75, 3.05) is 0 Å². The van der Waals surface area contributed by atoms with E-state index in [1.54, 1.807) is 4.68 Å². The van der Waals surface area contributed by atoms with Crippen LogP contribution in [-0.2, 0) is 6.42 Å². The molecule has 2 rings (SSSR count). The maximum absolute atomic E-state index is 12.0. The molecule has 4 heteroatoms. The zero-order chi connectivity index (χ0) is 11.7. The molecule has 0 bridgehead atoms. The monoisotopic (exact) mass is 328 g/mol. The van der Waals surface area contributed by atoms with Gasteiger partial charge in [0.15, 0.2) is 0 Å². The minimum atomic E-state index is 0.0567. The summed E-state index contributed by atoms with van der Waals surface area (Å²) in [6.07, 6.45) is 0.762. The van der Waals surface area contributed by atoms with Crippen molar-refractivity contribution >= 4 is 22.6 Å². The maximum atomic E-state index is 12.0. The molecule has 0 fully saturated rings. The molecule has 0 aliphatic heterocycles. The fraction of sp³-hybridized carbons (Fsp3) is 0.250. The Morgan fingerprint density at radius 1 is 1.31 bits per heavy atom. The van der Waals surface area contributed by atoms with Crippen molar-refractivity contribution in [3.63, 3.8) is 0 Å². The fourth-order valence-corrected chi connectivity index (χ4v) is 2.13. The first-order chi connectivity index (χ1) is 7.63. The summed E-state index contributed by atoms with van der Waals surface area (Å²) in [5, 5.41) is 3.10. The lowest BCUT2D eigenvalue weighted by Gasteiger charge is -2.00. The second-order valence-electron chi connectivity index (χ2n) is 3.69. The zero-order valence-corrected chi connectivity index (χ0v) is 11.4. The van der Waals surface area contributed by atoms with Gasteiger partial charge in [0.1, 0.15) is 0 Å². The van der Waals surface area contributed by atoms with Crippen molar-refractivity contribution in [3.05, 3.63) is 49.4 Å². The lowest BCUT2D eigenvalue weighted by atomic mass is 10.2. The summed E-state index contributed by atoms with van der Waals surface area (Å²) in [5.74, 6) is 0. The topological polar surface area (TPSA) is 37.8 Å². The lowest BCUT2D eigenvalue weighted by Crippen LogP contribution is -2.16. The Morgan fingerprint density at radius 2 is 1.94 bits per heavy atom. The van der Waals surface area contributed by atoms with Crippen LogP contribution in [0.2, 0.25) is 0 Å². The van der Waals surface area contributed by atoms with Gasteiger partial charge in [-0.05, 0) is 60.2 Å². The average Bonchev–Trinajstić information content (AvgIpc) is 2.55. The number of nitrogens with one attached hydrogen (secondary N) is 1. The quantitative estimate of drug-likeness (QED) is 0.846. The van der Waals surface area contributed by atoms with Crippen LogP contribution < -0.4 is 5.56 Å². The first-order valence-electron chi connectivity index (χ1n) is 5.20. The average molecular weight is 328 g/mol. The molecule has 1 aromatic heterocycles. The first-order valence-corrected chi connectivity index (χ1v) is 6.27. The van der Waals surface area contributed by atoms with Gasteiger partial charge >= 0.3 is 0 Å². The number of benzene rings is 1. The van der Waals surface area contributed by atoms with Gasteiger partial charge in [0.25, 0.3) is 5.56 Å². The minimum absolute atomic E-state index is 0.0567. The molecule has 0 radical (unpaired) electrons. The van der Waals surface area contributed by atoms with Gasteiger partial charge in [-0.15, -0.1) is 0 Å². The molecule has 16 heavy (non-hydrogen) atoms. The van der Waals surface area contributed by atoms with Crippen LogP contribution in [0.15, 0.2) is 29.1 Å². The molecule has 0 amide bonds. The third kappa shape index (κ3) is 1.93. The number of hydrogen-bond acceptors (Lipinski definition) is 1. The van der Waals surface area contributed by atoms with Gasteiger partial charge in [0, 0.05) is 14.8 Å². The number of aromatic nitrogens is 2. The van der Waals surface area contributed by atoms with Crippen LogP contribution in [0.5, 0.6) is 0 Å². The summed E-state index contributed by atoms with van der Waals surface area (Å²) in [7, 11) is 0. The van der Waals surface area contributed by atoms with Crippen molar-refractivity contribution in [2.45, 2.75) is 20.3 Å². The second kappa shape index (κ2) is 4.45. The van der Waals surface area contributed by atoms with Crippen molar-refractivity contribution in [1.82, 2.24) is 9.78 Å². The normalized spacial score (nSPS) is 10.7. The standard InChI is InChI=1S/C12H13IN2O/c1-3-11-8(2)14-15(12(11)16)10-6-4-9(13)5-7-10/h4-7,14H,3H2,1-2H3. The molecule has 1 N–H and O–H groups in total. The summed E-state index contributed by atoms with van der Waals surface area (Å²) in [6, 6.07) is 7.87. The van der Waals surface area contributed by atoms with E-state index in [2.05, 4.69) is 27.7 Å². The number of nitrogens with zero attached hydrogens (tertiary/aromatic N) is 1. The van der Waals surface area contributed by atoms with E-state index >= 15 is 0 Å². The summed E-state index contributed by atoms with van der Waals surface area (Å²) < 4.78 is 2.76. The van der Waals surface area contributed by atoms with E-state index < -0.39 is 0 Å².